The summed E-state index contributed by atoms with van der Waals surface area (Å²) in [5.74, 6) is -0.925. The molecule has 2 aromatic rings. The van der Waals surface area contributed by atoms with Gasteiger partial charge in [-0.2, -0.15) is 0 Å². The summed E-state index contributed by atoms with van der Waals surface area (Å²) in [7, 11) is 0. The molecule has 29 heavy (non-hydrogen) atoms. The second kappa shape index (κ2) is 7.48. The van der Waals surface area contributed by atoms with Gasteiger partial charge in [-0.1, -0.05) is 0 Å². The van der Waals surface area contributed by atoms with Crippen molar-refractivity contribution >= 4 is 23.6 Å². The van der Waals surface area contributed by atoms with E-state index in [2.05, 4.69) is 10.2 Å². The molecule has 1 amide bonds. The molecule has 1 fully saturated rings. The molecule has 2 atom stereocenters. The summed E-state index contributed by atoms with van der Waals surface area (Å²) in [6, 6.07) is 9.42. The van der Waals surface area contributed by atoms with Gasteiger partial charge in [0, 0.05) is 35.6 Å². The predicted molar refractivity (Wildman–Crippen MR) is 108 cm³/mol. The first kappa shape index (κ1) is 19.4. The van der Waals surface area contributed by atoms with E-state index in [-0.39, 0.29) is 0 Å². The molecule has 7 heteroatoms. The van der Waals surface area contributed by atoms with Gasteiger partial charge < -0.3 is 20.7 Å². The fraction of sp³-hybridized carbons (Fsp3) is 0.364. The van der Waals surface area contributed by atoms with Crippen LogP contribution in [0.4, 0.5) is 15.8 Å². The van der Waals surface area contributed by atoms with Crippen LogP contribution in [0.2, 0.25) is 0 Å². The normalized spacial score (nSPS) is 23.8. The molecule has 6 nitrogen and oxygen atoms in total. The highest BCUT2D eigenvalue weighted by Crippen LogP contribution is 2.46. The third-order valence-corrected chi connectivity index (χ3v) is 5.95. The van der Waals surface area contributed by atoms with Crippen LogP contribution >= 0.6 is 0 Å². The number of morpholine rings is 1. The molecule has 4 rings (SSSR count). The lowest BCUT2D eigenvalue weighted by Crippen LogP contribution is -2.47. The lowest BCUT2D eigenvalue weighted by atomic mass is 9.70. The molecule has 0 spiro atoms. The van der Waals surface area contributed by atoms with E-state index >= 15 is 0 Å². The van der Waals surface area contributed by atoms with Crippen molar-refractivity contribution in [1.82, 2.24) is 0 Å². The molecular weight excluding hydrogens is 373 g/mol. The number of nitrogens with one attached hydrogen (secondary N) is 1. The number of ether oxygens (including phenoxy) is 1. The molecule has 0 aliphatic carbocycles. The average Bonchev–Trinajstić information content (AvgIpc) is 2.74. The first-order valence-corrected chi connectivity index (χ1v) is 9.62. The number of carbonyl (C=O) groups excluding carboxylic acids is 2. The molecule has 2 aliphatic heterocycles. The summed E-state index contributed by atoms with van der Waals surface area (Å²) in [4.78, 5) is 25.6. The number of fused-ring (bicyclic) bond motifs is 1. The van der Waals surface area contributed by atoms with Gasteiger partial charge in [-0.15, -0.1) is 0 Å². The van der Waals surface area contributed by atoms with E-state index in [0.717, 1.165) is 30.0 Å². The van der Waals surface area contributed by atoms with Crippen molar-refractivity contribution in [3.63, 3.8) is 0 Å². The summed E-state index contributed by atoms with van der Waals surface area (Å²) >= 11 is 0. The van der Waals surface area contributed by atoms with E-state index in [1.807, 2.05) is 6.29 Å². The smallest absolute Gasteiger partial charge is 0.233 e. The van der Waals surface area contributed by atoms with Crippen LogP contribution in [-0.4, -0.2) is 38.5 Å². The Morgan fingerprint density at radius 1 is 1.28 bits per heavy atom. The highest BCUT2D eigenvalue weighted by molar-refractivity contribution is 5.85. The van der Waals surface area contributed by atoms with Gasteiger partial charge in [0.25, 0.3) is 0 Å². The number of nitrogens with two attached hydrogens (primary N) is 1. The van der Waals surface area contributed by atoms with Crippen molar-refractivity contribution in [2.24, 2.45) is 11.1 Å². The number of anilines is 2. The van der Waals surface area contributed by atoms with E-state index in [4.69, 9.17) is 10.5 Å². The maximum Gasteiger partial charge on any atom is 0.233 e. The topological polar surface area (TPSA) is 84.7 Å². The van der Waals surface area contributed by atoms with Crippen LogP contribution < -0.4 is 16.0 Å². The van der Waals surface area contributed by atoms with Crippen LogP contribution in [-0.2, 0) is 20.7 Å². The summed E-state index contributed by atoms with van der Waals surface area (Å²) < 4.78 is 20.3. The number of amides is 1. The summed E-state index contributed by atoms with van der Waals surface area (Å²) in [5.41, 5.74) is 7.93. The first-order valence-electron chi connectivity index (χ1n) is 9.62. The van der Waals surface area contributed by atoms with Crippen molar-refractivity contribution in [2.75, 3.05) is 36.5 Å². The highest BCUT2D eigenvalue weighted by Gasteiger charge is 2.45. The number of nitrogens with zero attached hydrogens (tertiary/aromatic N) is 1. The monoisotopic (exact) mass is 396 g/mol. The van der Waals surface area contributed by atoms with E-state index in [9.17, 15) is 14.0 Å². The largest absolute Gasteiger partial charge is 0.378 e. The predicted octanol–water partition coefficient (Wildman–Crippen LogP) is 2.32. The van der Waals surface area contributed by atoms with Crippen LogP contribution in [0, 0.1) is 11.2 Å². The average molecular weight is 396 g/mol. The molecule has 1 saturated heterocycles. The van der Waals surface area contributed by atoms with Gasteiger partial charge in [-0.05, 0) is 55.3 Å². The molecule has 2 aromatic carbocycles. The number of halogens is 1. The molecule has 2 unspecified atom stereocenters. The van der Waals surface area contributed by atoms with Gasteiger partial charge in [0.15, 0.2) is 0 Å². The van der Waals surface area contributed by atoms with Gasteiger partial charge in [0.1, 0.15) is 5.82 Å². The van der Waals surface area contributed by atoms with E-state index in [1.165, 1.54) is 6.07 Å². The standard InChI is InChI=1S/C22H23FN3O3/c1-22(21(24)28)12-15-10-14(13-27)2-5-19(15)25-20(22)17-11-16(3-4-18(17)23)26-6-8-29-9-7-26/h2-5,10-11,20,25H,6-9,12H2,1H3,(H2,24,28). The number of rotatable bonds is 4. The lowest BCUT2D eigenvalue weighted by molar-refractivity contribution is -0.127. The Bertz CT molecular complexity index is 958. The molecule has 0 saturated carbocycles. The Morgan fingerprint density at radius 3 is 2.72 bits per heavy atom. The van der Waals surface area contributed by atoms with E-state index < -0.39 is 23.2 Å². The van der Waals surface area contributed by atoms with Crippen molar-refractivity contribution in [3.8, 4) is 0 Å². The number of hydrogen-bond acceptors (Lipinski definition) is 5. The number of hydrogen-bond donors (Lipinski definition) is 2. The van der Waals surface area contributed by atoms with Crippen LogP contribution in [0.15, 0.2) is 36.4 Å². The fourth-order valence-electron chi connectivity index (χ4n) is 4.18. The van der Waals surface area contributed by atoms with E-state index in [1.54, 1.807) is 37.3 Å². The Balaban J connectivity index is 1.77. The van der Waals surface area contributed by atoms with Crippen LogP contribution in [0.3, 0.4) is 0 Å². The highest BCUT2D eigenvalue weighted by atomic mass is 19.1. The fourth-order valence-corrected chi connectivity index (χ4v) is 4.18. The van der Waals surface area contributed by atoms with Crippen molar-refractivity contribution in [3.05, 3.63) is 58.9 Å². The van der Waals surface area contributed by atoms with Gasteiger partial charge in [0.05, 0.1) is 24.7 Å². The number of primary amides is 1. The lowest BCUT2D eigenvalue weighted by Gasteiger charge is -2.42. The molecule has 0 aromatic heterocycles. The molecule has 3 N–H and O–H groups in total. The minimum atomic E-state index is -1.07. The minimum Gasteiger partial charge on any atom is -0.378 e. The zero-order valence-electron chi connectivity index (χ0n) is 16.2. The maximum atomic E-state index is 14.9. The van der Waals surface area contributed by atoms with Gasteiger partial charge in [0.2, 0.25) is 12.2 Å². The van der Waals surface area contributed by atoms with Crippen molar-refractivity contribution in [1.29, 1.82) is 0 Å². The van der Waals surface area contributed by atoms with Crippen LogP contribution in [0.1, 0.15) is 29.7 Å². The molecular formula is C22H23FN3O3. The van der Waals surface area contributed by atoms with Gasteiger partial charge in [-0.3, -0.25) is 9.59 Å². The quantitative estimate of drug-likeness (QED) is 0.829. The van der Waals surface area contributed by atoms with Crippen LogP contribution in [0.5, 0.6) is 0 Å². The summed E-state index contributed by atoms with van der Waals surface area (Å²) in [6.07, 6.45) is 2.16. The zero-order valence-corrected chi connectivity index (χ0v) is 16.2. The van der Waals surface area contributed by atoms with Gasteiger partial charge in [-0.25, -0.2) is 4.39 Å². The summed E-state index contributed by atoms with van der Waals surface area (Å²) in [6.45, 7) is 4.43. The Hall–Kier alpha value is -2.93. The third kappa shape index (κ3) is 3.46. The number of carbonyl (C=O) groups is 1. The molecule has 2 aliphatic rings. The van der Waals surface area contributed by atoms with Crippen molar-refractivity contribution in [2.45, 2.75) is 19.4 Å². The molecule has 151 valence electrons. The Morgan fingerprint density at radius 2 is 2.03 bits per heavy atom. The van der Waals surface area contributed by atoms with Gasteiger partial charge >= 0.3 is 0 Å². The zero-order chi connectivity index (χ0) is 20.6. The second-order valence-corrected chi connectivity index (χ2v) is 7.82. The SMILES string of the molecule is CC1(C(N)=O)Cc2cc([C]=O)ccc2NC1c1cc(N2CCOCC2)ccc1F. The Kier molecular flexibility index (Phi) is 5.00. The minimum absolute atomic E-state index is 0.298. The maximum absolute atomic E-state index is 14.9. The first-order chi connectivity index (χ1) is 13.9. The second-order valence-electron chi connectivity index (χ2n) is 7.82. The third-order valence-electron chi connectivity index (χ3n) is 5.95. The molecule has 0 bridgehead atoms. The molecule has 1 radical (unpaired) electrons. The van der Waals surface area contributed by atoms with E-state index in [0.29, 0.717) is 30.8 Å². The number of benzene rings is 2. The van der Waals surface area contributed by atoms with Crippen molar-refractivity contribution < 1.29 is 18.7 Å². The summed E-state index contributed by atoms with van der Waals surface area (Å²) in [5, 5.41) is 3.29. The molecule has 2 heterocycles. The Labute approximate surface area is 168 Å². The van der Waals surface area contributed by atoms with Crippen LogP contribution in [0.25, 0.3) is 0 Å².